The van der Waals surface area contributed by atoms with Crippen LogP contribution in [0.5, 0.6) is 0 Å². The second kappa shape index (κ2) is 5.52. The van der Waals surface area contributed by atoms with E-state index in [2.05, 4.69) is 5.32 Å². The van der Waals surface area contributed by atoms with Crippen molar-refractivity contribution in [2.45, 2.75) is 13.5 Å². The van der Waals surface area contributed by atoms with Gasteiger partial charge in [-0.25, -0.2) is 9.18 Å². The predicted octanol–water partition coefficient (Wildman–Crippen LogP) is 3.44. The Hall–Kier alpha value is -2.36. The van der Waals surface area contributed by atoms with Crippen LogP contribution in [-0.2, 0) is 6.54 Å². The maximum absolute atomic E-state index is 13.0. The molecule has 0 heterocycles. The molecule has 2 aromatic carbocycles. The summed E-state index contributed by atoms with van der Waals surface area (Å²) in [6.45, 7) is 2.28. The first-order chi connectivity index (χ1) is 9.08. The standard InChI is InChI=1S/C15H14FNO2/c1-10-8-12(16)7-6-11(10)9-17-14-5-3-2-4-13(14)15(18)19/h2-8,17H,9H2,1H3,(H,18,19). The van der Waals surface area contributed by atoms with Crippen molar-refractivity contribution >= 4 is 11.7 Å². The summed E-state index contributed by atoms with van der Waals surface area (Å²) >= 11 is 0. The van der Waals surface area contributed by atoms with Crippen molar-refractivity contribution in [1.29, 1.82) is 0 Å². The molecule has 0 aliphatic carbocycles. The number of carboxylic acid groups (broad SMARTS) is 1. The molecule has 2 N–H and O–H groups in total. The molecular weight excluding hydrogens is 245 g/mol. The summed E-state index contributed by atoms with van der Waals surface area (Å²) in [5.74, 6) is -1.24. The third-order valence-corrected chi connectivity index (χ3v) is 2.93. The number of halogens is 1. The van der Waals surface area contributed by atoms with Gasteiger partial charge < -0.3 is 10.4 Å². The van der Waals surface area contributed by atoms with E-state index in [9.17, 15) is 9.18 Å². The Bertz CT molecular complexity index is 611. The highest BCUT2D eigenvalue weighted by Gasteiger charge is 2.08. The molecule has 0 bridgehead atoms. The van der Waals surface area contributed by atoms with Crippen LogP contribution in [-0.4, -0.2) is 11.1 Å². The zero-order valence-electron chi connectivity index (χ0n) is 10.5. The van der Waals surface area contributed by atoms with E-state index < -0.39 is 5.97 Å². The Labute approximate surface area is 110 Å². The number of aromatic carboxylic acids is 1. The van der Waals surface area contributed by atoms with Gasteiger partial charge in [0.2, 0.25) is 0 Å². The van der Waals surface area contributed by atoms with Gasteiger partial charge >= 0.3 is 5.97 Å². The molecule has 0 spiro atoms. The van der Waals surface area contributed by atoms with Crippen LogP contribution in [0.25, 0.3) is 0 Å². The summed E-state index contributed by atoms with van der Waals surface area (Å²) < 4.78 is 13.0. The summed E-state index contributed by atoms with van der Waals surface area (Å²) in [5.41, 5.74) is 2.54. The van der Waals surface area contributed by atoms with Crippen LogP contribution >= 0.6 is 0 Å². The lowest BCUT2D eigenvalue weighted by Gasteiger charge is -2.11. The van der Waals surface area contributed by atoms with Gasteiger partial charge in [0.25, 0.3) is 0 Å². The van der Waals surface area contributed by atoms with Crippen LogP contribution in [0.1, 0.15) is 21.5 Å². The monoisotopic (exact) mass is 259 g/mol. The van der Waals surface area contributed by atoms with Crippen LogP contribution in [0.2, 0.25) is 0 Å². The summed E-state index contributed by atoms with van der Waals surface area (Å²) in [6.07, 6.45) is 0. The largest absolute Gasteiger partial charge is 0.478 e. The zero-order valence-corrected chi connectivity index (χ0v) is 10.5. The first-order valence-electron chi connectivity index (χ1n) is 5.89. The molecule has 0 aromatic heterocycles. The van der Waals surface area contributed by atoms with E-state index in [4.69, 9.17) is 5.11 Å². The van der Waals surface area contributed by atoms with E-state index >= 15 is 0 Å². The van der Waals surface area contributed by atoms with E-state index in [1.165, 1.54) is 12.1 Å². The van der Waals surface area contributed by atoms with Crippen LogP contribution in [0, 0.1) is 12.7 Å². The molecule has 0 radical (unpaired) electrons. The summed E-state index contributed by atoms with van der Waals surface area (Å²) in [7, 11) is 0. The molecule has 2 aromatic rings. The molecule has 0 amide bonds. The number of carbonyl (C=O) groups is 1. The zero-order chi connectivity index (χ0) is 13.8. The number of benzene rings is 2. The minimum Gasteiger partial charge on any atom is -0.478 e. The minimum atomic E-state index is -0.973. The maximum atomic E-state index is 13.0. The lowest BCUT2D eigenvalue weighted by molar-refractivity contribution is 0.0698. The van der Waals surface area contributed by atoms with Crippen molar-refractivity contribution in [3.63, 3.8) is 0 Å². The highest BCUT2D eigenvalue weighted by molar-refractivity contribution is 5.94. The van der Waals surface area contributed by atoms with Crippen molar-refractivity contribution in [3.8, 4) is 0 Å². The number of carboxylic acids is 1. The third-order valence-electron chi connectivity index (χ3n) is 2.93. The van der Waals surface area contributed by atoms with Gasteiger partial charge in [0.1, 0.15) is 5.82 Å². The van der Waals surface area contributed by atoms with Gasteiger partial charge in [-0.1, -0.05) is 18.2 Å². The van der Waals surface area contributed by atoms with Crippen molar-refractivity contribution in [2.24, 2.45) is 0 Å². The van der Waals surface area contributed by atoms with Crippen molar-refractivity contribution in [3.05, 3.63) is 65.0 Å². The van der Waals surface area contributed by atoms with Gasteiger partial charge in [-0.2, -0.15) is 0 Å². The van der Waals surface area contributed by atoms with Crippen molar-refractivity contribution in [2.75, 3.05) is 5.32 Å². The number of para-hydroxylation sites is 1. The van der Waals surface area contributed by atoms with Gasteiger partial charge in [0.15, 0.2) is 0 Å². The quantitative estimate of drug-likeness (QED) is 0.884. The second-order valence-electron chi connectivity index (χ2n) is 4.28. The van der Waals surface area contributed by atoms with Gasteiger partial charge in [0, 0.05) is 12.2 Å². The summed E-state index contributed by atoms with van der Waals surface area (Å²) in [6, 6.07) is 11.3. The van der Waals surface area contributed by atoms with E-state index in [0.29, 0.717) is 12.2 Å². The highest BCUT2D eigenvalue weighted by Crippen LogP contribution is 2.17. The average molecular weight is 259 g/mol. The summed E-state index contributed by atoms with van der Waals surface area (Å²) in [5, 5.41) is 12.1. The smallest absolute Gasteiger partial charge is 0.337 e. The Morgan fingerprint density at radius 2 is 2.00 bits per heavy atom. The van der Waals surface area contributed by atoms with Crippen molar-refractivity contribution < 1.29 is 14.3 Å². The topological polar surface area (TPSA) is 49.3 Å². The summed E-state index contributed by atoms with van der Waals surface area (Å²) in [4.78, 5) is 11.1. The second-order valence-corrected chi connectivity index (χ2v) is 4.28. The van der Waals surface area contributed by atoms with Crippen LogP contribution in [0.4, 0.5) is 10.1 Å². The number of hydrogen-bond acceptors (Lipinski definition) is 2. The lowest BCUT2D eigenvalue weighted by Crippen LogP contribution is -2.07. The van der Waals surface area contributed by atoms with Crippen LogP contribution in [0.3, 0.4) is 0 Å². The molecule has 0 aliphatic heterocycles. The first-order valence-corrected chi connectivity index (χ1v) is 5.89. The molecule has 0 saturated heterocycles. The number of aryl methyl sites for hydroxylation is 1. The molecule has 3 nitrogen and oxygen atoms in total. The molecule has 0 unspecified atom stereocenters. The van der Waals surface area contributed by atoms with Crippen molar-refractivity contribution in [1.82, 2.24) is 0 Å². The fourth-order valence-electron chi connectivity index (χ4n) is 1.87. The van der Waals surface area contributed by atoms with E-state index in [-0.39, 0.29) is 11.4 Å². The van der Waals surface area contributed by atoms with Crippen LogP contribution < -0.4 is 5.32 Å². The Morgan fingerprint density at radius 3 is 2.68 bits per heavy atom. The van der Waals surface area contributed by atoms with E-state index in [1.54, 1.807) is 30.3 Å². The number of nitrogens with one attached hydrogen (secondary N) is 1. The Balaban J connectivity index is 2.17. The fourth-order valence-corrected chi connectivity index (χ4v) is 1.87. The Morgan fingerprint density at radius 1 is 1.26 bits per heavy atom. The minimum absolute atomic E-state index is 0.224. The SMILES string of the molecule is Cc1cc(F)ccc1CNc1ccccc1C(=O)O. The number of anilines is 1. The third kappa shape index (κ3) is 3.10. The predicted molar refractivity (Wildman–Crippen MR) is 71.9 cm³/mol. The van der Waals surface area contributed by atoms with Gasteiger partial charge in [-0.05, 0) is 42.3 Å². The van der Waals surface area contributed by atoms with Gasteiger partial charge in [-0.3, -0.25) is 0 Å². The highest BCUT2D eigenvalue weighted by atomic mass is 19.1. The normalized spacial score (nSPS) is 10.2. The molecule has 0 saturated carbocycles. The van der Waals surface area contributed by atoms with Gasteiger partial charge in [-0.15, -0.1) is 0 Å². The first kappa shape index (κ1) is 13.1. The van der Waals surface area contributed by atoms with E-state index in [0.717, 1.165) is 11.1 Å². The van der Waals surface area contributed by atoms with E-state index in [1.807, 2.05) is 6.92 Å². The molecular formula is C15H14FNO2. The molecule has 98 valence electrons. The lowest BCUT2D eigenvalue weighted by atomic mass is 10.1. The molecule has 2 rings (SSSR count). The van der Waals surface area contributed by atoms with Crippen LogP contribution in [0.15, 0.2) is 42.5 Å². The maximum Gasteiger partial charge on any atom is 0.337 e. The molecule has 19 heavy (non-hydrogen) atoms. The molecule has 4 heteroatoms. The average Bonchev–Trinajstić information content (AvgIpc) is 2.38. The Kier molecular flexibility index (Phi) is 3.80. The fraction of sp³-hybridized carbons (Fsp3) is 0.133. The molecule has 0 fully saturated rings. The van der Waals surface area contributed by atoms with Gasteiger partial charge in [0.05, 0.1) is 5.56 Å². The molecule has 0 aliphatic rings. The number of rotatable bonds is 4. The molecule has 0 atom stereocenters. The number of hydrogen-bond donors (Lipinski definition) is 2.